The van der Waals surface area contributed by atoms with Gasteiger partial charge in [0, 0.05) is 22.0 Å². The van der Waals surface area contributed by atoms with Crippen LogP contribution >= 0.6 is 38.6 Å². The van der Waals surface area contributed by atoms with Gasteiger partial charge in [-0.15, -0.1) is 17.9 Å². The number of allylic oxidation sites excluding steroid dienone is 1. The van der Waals surface area contributed by atoms with E-state index in [-0.39, 0.29) is 5.91 Å². The Kier molecular flexibility index (Phi) is 5.05. The predicted molar refractivity (Wildman–Crippen MR) is 102 cm³/mol. The highest BCUT2D eigenvalue weighted by atomic mass is 79.9. The molecule has 0 aliphatic heterocycles. The molecule has 3 aromatic rings. The fourth-order valence-corrected chi connectivity index (χ4v) is 4.32. The van der Waals surface area contributed by atoms with Gasteiger partial charge in [0.15, 0.2) is 4.80 Å². The summed E-state index contributed by atoms with van der Waals surface area (Å²) in [5.41, 5.74) is 1.05. The number of thiophene rings is 1. The number of nitrogens with zero attached hydrogens (tertiary/aromatic N) is 2. The number of carbonyl (C=O) groups is 1. The van der Waals surface area contributed by atoms with Crippen molar-refractivity contribution in [1.82, 2.24) is 4.57 Å². The molecule has 0 N–H and O–H groups in total. The molecule has 1 amide bonds. The SMILES string of the molecule is C=CCn1c(=NC(=O)/C=C/c2cccs2)sc2cc(Br)ccc21. The average molecular weight is 405 g/mol. The van der Waals surface area contributed by atoms with Crippen LogP contribution < -0.4 is 4.80 Å². The number of hydrogen-bond donors (Lipinski definition) is 0. The zero-order chi connectivity index (χ0) is 16.2. The molecule has 1 aromatic carbocycles. The Bertz CT molecular complexity index is 949. The molecule has 0 saturated carbocycles. The fourth-order valence-electron chi connectivity index (χ4n) is 2.11. The maximum absolute atomic E-state index is 12.1. The van der Waals surface area contributed by atoms with Gasteiger partial charge in [-0.3, -0.25) is 4.79 Å². The molecule has 2 heterocycles. The van der Waals surface area contributed by atoms with E-state index in [9.17, 15) is 4.79 Å². The smallest absolute Gasteiger partial charge is 0.272 e. The molecule has 6 heteroatoms. The normalized spacial score (nSPS) is 12.3. The molecule has 0 saturated heterocycles. The Morgan fingerprint density at radius 3 is 3.00 bits per heavy atom. The standard InChI is InChI=1S/C17H13BrN2OS2/c1-2-9-20-14-7-5-12(18)11-15(14)23-17(20)19-16(21)8-6-13-4-3-10-22-13/h2-8,10-11H,1,9H2/b8-6+,19-17?. The number of fused-ring (bicyclic) bond motifs is 1. The second-order valence-electron chi connectivity index (χ2n) is 4.69. The van der Waals surface area contributed by atoms with Crippen molar-refractivity contribution < 1.29 is 4.79 Å². The molecule has 0 spiro atoms. The van der Waals surface area contributed by atoms with E-state index >= 15 is 0 Å². The number of aromatic nitrogens is 1. The molecule has 3 rings (SSSR count). The quantitative estimate of drug-likeness (QED) is 0.451. The van der Waals surface area contributed by atoms with Crippen LogP contribution in [0.5, 0.6) is 0 Å². The lowest BCUT2D eigenvalue weighted by Crippen LogP contribution is -2.15. The van der Waals surface area contributed by atoms with Gasteiger partial charge in [-0.2, -0.15) is 4.99 Å². The summed E-state index contributed by atoms with van der Waals surface area (Å²) < 4.78 is 4.08. The molecule has 0 atom stereocenters. The summed E-state index contributed by atoms with van der Waals surface area (Å²) in [6.45, 7) is 4.40. The second kappa shape index (κ2) is 7.21. The molecule has 0 fully saturated rings. The third kappa shape index (κ3) is 3.77. The van der Waals surface area contributed by atoms with Crippen LogP contribution in [0.1, 0.15) is 4.88 Å². The number of rotatable bonds is 4. The Morgan fingerprint density at radius 2 is 2.26 bits per heavy atom. The van der Waals surface area contributed by atoms with Gasteiger partial charge in [0.2, 0.25) is 0 Å². The van der Waals surface area contributed by atoms with Crippen LogP contribution in [0, 0.1) is 0 Å². The van der Waals surface area contributed by atoms with E-state index in [4.69, 9.17) is 0 Å². The molecule has 0 unspecified atom stereocenters. The van der Waals surface area contributed by atoms with Crippen LogP contribution in [0.2, 0.25) is 0 Å². The van der Waals surface area contributed by atoms with Gasteiger partial charge in [0.25, 0.3) is 5.91 Å². The van der Waals surface area contributed by atoms with Crippen molar-refractivity contribution in [1.29, 1.82) is 0 Å². The molecule has 3 nitrogen and oxygen atoms in total. The highest BCUT2D eigenvalue weighted by Crippen LogP contribution is 2.22. The molecular weight excluding hydrogens is 392 g/mol. The lowest BCUT2D eigenvalue weighted by atomic mass is 10.3. The van der Waals surface area contributed by atoms with Gasteiger partial charge in [-0.25, -0.2) is 0 Å². The summed E-state index contributed by atoms with van der Waals surface area (Å²) in [4.78, 5) is 18.1. The Balaban J connectivity index is 2.01. The highest BCUT2D eigenvalue weighted by Gasteiger charge is 2.06. The Hall–Kier alpha value is -1.76. The minimum Gasteiger partial charge on any atom is -0.312 e. The molecule has 2 aromatic heterocycles. The first-order valence-electron chi connectivity index (χ1n) is 6.87. The lowest BCUT2D eigenvalue weighted by molar-refractivity contribution is -0.113. The molecular formula is C17H13BrN2OS2. The van der Waals surface area contributed by atoms with Crippen molar-refractivity contribution in [3.63, 3.8) is 0 Å². The molecule has 116 valence electrons. The van der Waals surface area contributed by atoms with Gasteiger partial charge in [-0.1, -0.05) is 39.4 Å². The van der Waals surface area contributed by atoms with Crippen molar-refractivity contribution in [3.8, 4) is 0 Å². The van der Waals surface area contributed by atoms with E-state index in [0.29, 0.717) is 11.3 Å². The summed E-state index contributed by atoms with van der Waals surface area (Å²) in [6.07, 6.45) is 5.10. The van der Waals surface area contributed by atoms with E-state index < -0.39 is 0 Å². The van der Waals surface area contributed by atoms with Crippen molar-refractivity contribution in [2.24, 2.45) is 4.99 Å². The summed E-state index contributed by atoms with van der Waals surface area (Å²) >= 11 is 6.55. The third-order valence-electron chi connectivity index (χ3n) is 3.10. The van der Waals surface area contributed by atoms with Gasteiger partial charge in [0.05, 0.1) is 10.2 Å². The average Bonchev–Trinajstić information content (AvgIpc) is 3.14. The van der Waals surface area contributed by atoms with Crippen LogP contribution in [-0.2, 0) is 11.3 Å². The minimum absolute atomic E-state index is 0.262. The van der Waals surface area contributed by atoms with E-state index in [1.54, 1.807) is 23.5 Å². The first kappa shape index (κ1) is 16.1. The number of benzene rings is 1. The zero-order valence-electron chi connectivity index (χ0n) is 12.1. The van der Waals surface area contributed by atoms with Crippen LogP contribution in [0.15, 0.2) is 63.9 Å². The maximum atomic E-state index is 12.1. The van der Waals surface area contributed by atoms with E-state index in [0.717, 1.165) is 19.6 Å². The summed E-state index contributed by atoms with van der Waals surface area (Å²) in [7, 11) is 0. The highest BCUT2D eigenvalue weighted by molar-refractivity contribution is 9.10. The number of amides is 1. The van der Waals surface area contributed by atoms with E-state index in [1.807, 2.05) is 40.3 Å². The Labute approximate surface area is 150 Å². The molecule has 0 radical (unpaired) electrons. The van der Waals surface area contributed by atoms with Crippen molar-refractivity contribution >= 4 is 60.8 Å². The lowest BCUT2D eigenvalue weighted by Gasteiger charge is -2.00. The largest absolute Gasteiger partial charge is 0.312 e. The van der Waals surface area contributed by atoms with Crippen molar-refractivity contribution in [3.05, 3.63) is 68.6 Å². The zero-order valence-corrected chi connectivity index (χ0v) is 15.3. The van der Waals surface area contributed by atoms with E-state index in [1.165, 1.54) is 17.4 Å². The van der Waals surface area contributed by atoms with Gasteiger partial charge in [0.1, 0.15) is 0 Å². The fraction of sp³-hybridized carbons (Fsp3) is 0.0588. The van der Waals surface area contributed by atoms with Gasteiger partial charge >= 0.3 is 0 Å². The first-order chi connectivity index (χ1) is 11.2. The van der Waals surface area contributed by atoms with Crippen LogP contribution in [0.3, 0.4) is 0 Å². The predicted octanol–water partition coefficient (Wildman–Crippen LogP) is 4.85. The number of carbonyl (C=O) groups excluding carboxylic acids is 1. The Morgan fingerprint density at radius 1 is 1.39 bits per heavy atom. The topological polar surface area (TPSA) is 34.4 Å². The van der Waals surface area contributed by atoms with Gasteiger partial charge < -0.3 is 4.57 Å². The molecule has 0 aliphatic rings. The van der Waals surface area contributed by atoms with Crippen molar-refractivity contribution in [2.75, 3.05) is 0 Å². The molecule has 23 heavy (non-hydrogen) atoms. The molecule has 0 bridgehead atoms. The van der Waals surface area contributed by atoms with Crippen LogP contribution in [-0.4, -0.2) is 10.5 Å². The maximum Gasteiger partial charge on any atom is 0.272 e. The van der Waals surface area contributed by atoms with Crippen LogP contribution in [0.25, 0.3) is 16.3 Å². The number of hydrogen-bond acceptors (Lipinski definition) is 3. The minimum atomic E-state index is -0.262. The number of halogens is 1. The summed E-state index contributed by atoms with van der Waals surface area (Å²) in [5, 5.41) is 1.98. The third-order valence-corrected chi connectivity index (χ3v) is 5.47. The van der Waals surface area contributed by atoms with Crippen LogP contribution in [0.4, 0.5) is 0 Å². The second-order valence-corrected chi connectivity index (χ2v) is 7.60. The van der Waals surface area contributed by atoms with Crippen molar-refractivity contribution in [2.45, 2.75) is 6.54 Å². The molecule has 0 aliphatic carbocycles. The monoisotopic (exact) mass is 404 g/mol. The van der Waals surface area contributed by atoms with E-state index in [2.05, 4.69) is 27.5 Å². The number of thiazole rings is 1. The van der Waals surface area contributed by atoms with Gasteiger partial charge in [-0.05, 0) is 35.7 Å². The summed E-state index contributed by atoms with van der Waals surface area (Å²) in [5.74, 6) is -0.262. The summed E-state index contributed by atoms with van der Waals surface area (Å²) in [6, 6.07) is 9.95. The first-order valence-corrected chi connectivity index (χ1v) is 9.36.